The summed E-state index contributed by atoms with van der Waals surface area (Å²) in [6, 6.07) is 1.59. The lowest BCUT2D eigenvalue weighted by molar-refractivity contribution is -0.126. The minimum atomic E-state index is -4.28. The second kappa shape index (κ2) is 7.93. The molecule has 1 fully saturated rings. The molecule has 1 N–H and O–H groups in total. The third-order valence-corrected chi connectivity index (χ3v) is 7.39. The summed E-state index contributed by atoms with van der Waals surface area (Å²) in [6.07, 6.45) is 1.27. The van der Waals surface area contributed by atoms with Crippen molar-refractivity contribution in [2.45, 2.75) is 45.3 Å². The quantitative estimate of drug-likeness (QED) is 0.663. The van der Waals surface area contributed by atoms with E-state index in [1.165, 1.54) is 0 Å². The Kier molecular flexibility index (Phi) is 6.96. The number of Topliss-reactive ketones (excluding diaryl/α,β-unsaturated/α-hetero) is 1. The van der Waals surface area contributed by atoms with E-state index in [-0.39, 0.29) is 18.3 Å². The van der Waals surface area contributed by atoms with Gasteiger partial charge in [-0.2, -0.15) is 13.7 Å². The summed E-state index contributed by atoms with van der Waals surface area (Å²) in [7, 11) is -8.37. The molecule has 0 aromatic rings. The van der Waals surface area contributed by atoms with E-state index in [4.69, 9.17) is 4.55 Å². The first-order valence-electron chi connectivity index (χ1n) is 7.99. The SMILES string of the molecule is CC1CC(C)C(C(=O)C(C#N)S(=O)(=O)CCCS(=O)(=O)O)C(C)C1. The molecule has 0 bridgehead atoms. The van der Waals surface area contributed by atoms with Crippen LogP contribution in [0, 0.1) is 35.0 Å². The number of nitrogens with zero attached hydrogens (tertiary/aromatic N) is 1. The molecule has 0 saturated heterocycles. The maximum atomic E-state index is 12.7. The van der Waals surface area contributed by atoms with Crippen LogP contribution in [-0.2, 0) is 24.7 Å². The number of rotatable bonds is 7. The van der Waals surface area contributed by atoms with Gasteiger partial charge in [-0.05, 0) is 37.0 Å². The van der Waals surface area contributed by atoms with Gasteiger partial charge in [-0.1, -0.05) is 20.8 Å². The Morgan fingerprint density at radius 2 is 1.62 bits per heavy atom. The van der Waals surface area contributed by atoms with E-state index in [1.54, 1.807) is 6.07 Å². The Morgan fingerprint density at radius 1 is 1.12 bits per heavy atom. The normalized spacial score (nSPS) is 29.6. The van der Waals surface area contributed by atoms with Crippen LogP contribution in [0.25, 0.3) is 0 Å². The van der Waals surface area contributed by atoms with Gasteiger partial charge in [0.2, 0.25) is 5.25 Å². The Labute approximate surface area is 144 Å². The van der Waals surface area contributed by atoms with Crippen molar-refractivity contribution < 1.29 is 26.2 Å². The minimum Gasteiger partial charge on any atom is -0.297 e. The second-order valence-corrected chi connectivity index (χ2v) is 10.8. The summed E-state index contributed by atoms with van der Waals surface area (Å²) in [4.78, 5) is 12.7. The van der Waals surface area contributed by atoms with Crippen molar-refractivity contribution in [3.05, 3.63) is 0 Å². The molecule has 0 spiro atoms. The van der Waals surface area contributed by atoms with Crippen LogP contribution in [0.1, 0.15) is 40.0 Å². The predicted octanol–water partition coefficient (Wildman–Crippen LogP) is 1.46. The molecule has 0 aromatic carbocycles. The van der Waals surface area contributed by atoms with Crippen LogP contribution in [0.3, 0.4) is 0 Å². The van der Waals surface area contributed by atoms with Crippen molar-refractivity contribution in [2.24, 2.45) is 23.7 Å². The first kappa shape index (κ1) is 21.1. The van der Waals surface area contributed by atoms with Gasteiger partial charge in [0, 0.05) is 5.92 Å². The van der Waals surface area contributed by atoms with Gasteiger partial charge in [0.1, 0.15) is 0 Å². The molecule has 24 heavy (non-hydrogen) atoms. The standard InChI is InChI=1S/C15H25NO6S2/c1-10-7-11(2)14(12(3)8-10)15(17)13(9-16)23(18,19)5-4-6-24(20,21)22/h10-14H,4-8H2,1-3H3,(H,20,21,22). The van der Waals surface area contributed by atoms with E-state index in [1.807, 2.05) is 13.8 Å². The highest BCUT2D eigenvalue weighted by atomic mass is 32.2. The molecular weight excluding hydrogens is 354 g/mol. The molecular formula is C15H25NO6S2. The molecule has 3 unspecified atom stereocenters. The lowest BCUT2D eigenvalue weighted by Crippen LogP contribution is -2.43. The average Bonchev–Trinajstić information content (AvgIpc) is 2.35. The van der Waals surface area contributed by atoms with E-state index < -0.39 is 48.4 Å². The van der Waals surface area contributed by atoms with Crippen molar-refractivity contribution in [1.29, 1.82) is 5.26 Å². The monoisotopic (exact) mass is 379 g/mol. The zero-order chi connectivity index (χ0) is 18.7. The Balaban J connectivity index is 2.91. The number of hydrogen-bond donors (Lipinski definition) is 1. The fourth-order valence-electron chi connectivity index (χ4n) is 3.84. The number of carbonyl (C=O) groups is 1. The third kappa shape index (κ3) is 5.53. The van der Waals surface area contributed by atoms with Gasteiger partial charge < -0.3 is 0 Å². The first-order valence-corrected chi connectivity index (χ1v) is 11.3. The lowest BCUT2D eigenvalue weighted by Gasteiger charge is -2.37. The fraction of sp³-hybridized carbons (Fsp3) is 0.867. The van der Waals surface area contributed by atoms with Gasteiger partial charge in [0.05, 0.1) is 17.6 Å². The van der Waals surface area contributed by atoms with Crippen LogP contribution in [-0.4, -0.2) is 43.9 Å². The minimum absolute atomic E-state index is 0.000111. The summed E-state index contributed by atoms with van der Waals surface area (Å²) in [5.41, 5.74) is 0. The summed E-state index contributed by atoms with van der Waals surface area (Å²) < 4.78 is 54.6. The van der Waals surface area contributed by atoms with Crippen LogP contribution in [0.4, 0.5) is 0 Å². The summed E-state index contributed by atoms with van der Waals surface area (Å²) in [6.45, 7) is 5.88. The van der Waals surface area contributed by atoms with E-state index in [0.29, 0.717) is 5.92 Å². The molecule has 9 heteroatoms. The smallest absolute Gasteiger partial charge is 0.264 e. The second-order valence-electron chi connectivity index (χ2n) is 6.98. The molecule has 7 nitrogen and oxygen atoms in total. The summed E-state index contributed by atoms with van der Waals surface area (Å²) >= 11 is 0. The van der Waals surface area contributed by atoms with E-state index in [2.05, 4.69) is 6.92 Å². The largest absolute Gasteiger partial charge is 0.297 e. The number of sulfone groups is 1. The molecule has 138 valence electrons. The zero-order valence-corrected chi connectivity index (χ0v) is 15.8. The highest BCUT2D eigenvalue weighted by molar-refractivity contribution is 7.93. The number of nitriles is 1. The molecule has 1 saturated carbocycles. The first-order chi connectivity index (χ1) is 10.9. The van der Waals surface area contributed by atoms with Crippen LogP contribution >= 0.6 is 0 Å². The van der Waals surface area contributed by atoms with Gasteiger partial charge in [0.25, 0.3) is 10.1 Å². The molecule has 1 rings (SSSR count). The van der Waals surface area contributed by atoms with Crippen molar-refractivity contribution in [2.75, 3.05) is 11.5 Å². The molecule has 0 aromatic heterocycles. The highest BCUT2D eigenvalue weighted by Gasteiger charge is 2.43. The number of hydrogen-bond acceptors (Lipinski definition) is 6. The van der Waals surface area contributed by atoms with Gasteiger partial charge in [-0.15, -0.1) is 0 Å². The summed E-state index contributed by atoms with van der Waals surface area (Å²) in [5.74, 6) is -1.96. The number of ketones is 1. The Bertz CT molecular complexity index is 695. The van der Waals surface area contributed by atoms with Crippen LogP contribution in [0.5, 0.6) is 0 Å². The topological polar surface area (TPSA) is 129 Å². The summed E-state index contributed by atoms with van der Waals surface area (Å²) in [5, 5.41) is 7.45. The van der Waals surface area contributed by atoms with Crippen molar-refractivity contribution >= 4 is 25.7 Å². The van der Waals surface area contributed by atoms with Gasteiger partial charge in [0.15, 0.2) is 15.6 Å². The molecule has 1 aliphatic carbocycles. The molecule has 0 amide bonds. The zero-order valence-electron chi connectivity index (χ0n) is 14.2. The van der Waals surface area contributed by atoms with Gasteiger partial charge in [-0.3, -0.25) is 9.35 Å². The van der Waals surface area contributed by atoms with Crippen molar-refractivity contribution in [1.82, 2.24) is 0 Å². The fourth-order valence-corrected chi connectivity index (χ4v) is 5.98. The van der Waals surface area contributed by atoms with E-state index in [9.17, 15) is 26.9 Å². The van der Waals surface area contributed by atoms with Gasteiger partial charge in [-0.25, -0.2) is 8.42 Å². The average molecular weight is 380 g/mol. The molecule has 0 radical (unpaired) electrons. The van der Waals surface area contributed by atoms with Crippen molar-refractivity contribution in [3.63, 3.8) is 0 Å². The van der Waals surface area contributed by atoms with Crippen LogP contribution in [0.15, 0.2) is 0 Å². The molecule has 0 aliphatic heterocycles. The van der Waals surface area contributed by atoms with Crippen LogP contribution in [0.2, 0.25) is 0 Å². The molecule has 3 atom stereocenters. The highest BCUT2D eigenvalue weighted by Crippen LogP contribution is 2.39. The van der Waals surface area contributed by atoms with E-state index >= 15 is 0 Å². The van der Waals surface area contributed by atoms with Gasteiger partial charge >= 0.3 is 0 Å². The molecule has 0 heterocycles. The number of carbonyl (C=O) groups excluding carboxylic acids is 1. The predicted molar refractivity (Wildman–Crippen MR) is 89.4 cm³/mol. The van der Waals surface area contributed by atoms with Crippen molar-refractivity contribution in [3.8, 4) is 6.07 Å². The van der Waals surface area contributed by atoms with E-state index in [0.717, 1.165) is 12.8 Å². The van der Waals surface area contributed by atoms with Crippen LogP contribution < -0.4 is 0 Å². The Hall–Kier alpha value is -0.980. The maximum absolute atomic E-state index is 12.7. The lowest BCUT2D eigenvalue weighted by atomic mass is 9.67. The third-order valence-electron chi connectivity index (χ3n) is 4.67. The Morgan fingerprint density at radius 3 is 2.04 bits per heavy atom. The molecule has 1 aliphatic rings. The maximum Gasteiger partial charge on any atom is 0.264 e.